The van der Waals surface area contributed by atoms with Gasteiger partial charge < -0.3 is 10.6 Å². The van der Waals surface area contributed by atoms with Crippen molar-refractivity contribution in [2.75, 3.05) is 11.9 Å². The molecule has 0 fully saturated rings. The van der Waals surface area contributed by atoms with Crippen LogP contribution in [0, 0.1) is 0 Å². The van der Waals surface area contributed by atoms with E-state index in [1.807, 2.05) is 89.9 Å². The van der Waals surface area contributed by atoms with Gasteiger partial charge in [0.05, 0.1) is 17.6 Å². The lowest BCUT2D eigenvalue weighted by Gasteiger charge is -2.09. The Bertz CT molecular complexity index is 1050. The van der Waals surface area contributed by atoms with Crippen LogP contribution in [0.4, 0.5) is 10.5 Å². The minimum Gasteiger partial charge on any atom is -0.338 e. The number of nitrogens with zero attached hydrogens (tertiary/aromatic N) is 2. The quantitative estimate of drug-likeness (QED) is 0.557. The average molecular weight is 356 g/mol. The third kappa shape index (κ3) is 3.98. The molecule has 0 aliphatic carbocycles. The van der Waals surface area contributed by atoms with Crippen molar-refractivity contribution < 1.29 is 4.79 Å². The summed E-state index contributed by atoms with van der Waals surface area (Å²) < 4.78 is 1.84. The summed E-state index contributed by atoms with van der Waals surface area (Å²) in [6.45, 7) is 0.539. The van der Waals surface area contributed by atoms with Gasteiger partial charge in [-0.25, -0.2) is 9.48 Å². The van der Waals surface area contributed by atoms with Gasteiger partial charge in [0.15, 0.2) is 0 Å². The van der Waals surface area contributed by atoms with E-state index in [1.54, 1.807) is 0 Å². The Labute approximate surface area is 157 Å². The van der Waals surface area contributed by atoms with Gasteiger partial charge in [-0.15, -0.1) is 0 Å². The highest BCUT2D eigenvalue weighted by Gasteiger charge is 2.06. The van der Waals surface area contributed by atoms with Crippen molar-refractivity contribution in [2.24, 2.45) is 0 Å². The molecule has 4 rings (SSSR count). The van der Waals surface area contributed by atoms with Gasteiger partial charge >= 0.3 is 6.03 Å². The SMILES string of the molecule is O=C(NCCc1cnn(-c2ccccc2)c1)Nc1cccc2ccccc12. The summed E-state index contributed by atoms with van der Waals surface area (Å²) in [4.78, 5) is 12.2. The van der Waals surface area contributed by atoms with Gasteiger partial charge in [-0.3, -0.25) is 0 Å². The van der Waals surface area contributed by atoms with E-state index in [4.69, 9.17) is 0 Å². The van der Waals surface area contributed by atoms with Crippen LogP contribution in [0.25, 0.3) is 16.5 Å². The molecule has 134 valence electrons. The van der Waals surface area contributed by atoms with Crippen LogP contribution >= 0.6 is 0 Å². The number of carbonyl (C=O) groups excluding carboxylic acids is 1. The molecule has 5 heteroatoms. The highest BCUT2D eigenvalue weighted by molar-refractivity contribution is 6.01. The van der Waals surface area contributed by atoms with Crippen LogP contribution in [0.5, 0.6) is 0 Å². The molecule has 2 amide bonds. The Morgan fingerprint density at radius 1 is 0.926 bits per heavy atom. The van der Waals surface area contributed by atoms with Crippen LogP contribution in [0.15, 0.2) is 85.2 Å². The number of urea groups is 1. The minimum absolute atomic E-state index is 0.207. The van der Waals surface area contributed by atoms with Gasteiger partial charge in [-0.2, -0.15) is 5.10 Å². The molecule has 1 aromatic heterocycles. The summed E-state index contributed by atoms with van der Waals surface area (Å²) in [5.74, 6) is 0. The maximum absolute atomic E-state index is 12.2. The number of hydrogen-bond acceptors (Lipinski definition) is 2. The van der Waals surface area contributed by atoms with Crippen molar-refractivity contribution in [1.29, 1.82) is 0 Å². The molecule has 0 atom stereocenters. The van der Waals surface area contributed by atoms with Crippen molar-refractivity contribution in [3.05, 3.63) is 90.8 Å². The van der Waals surface area contributed by atoms with Crippen LogP contribution in [0.2, 0.25) is 0 Å². The number of aromatic nitrogens is 2. The fraction of sp³-hybridized carbons (Fsp3) is 0.0909. The number of nitrogens with one attached hydrogen (secondary N) is 2. The molecule has 0 spiro atoms. The molecule has 0 saturated carbocycles. The Kier molecular flexibility index (Phi) is 4.83. The van der Waals surface area contributed by atoms with Crippen molar-refractivity contribution in [3.63, 3.8) is 0 Å². The molecule has 0 saturated heterocycles. The molecular formula is C22H20N4O. The average Bonchev–Trinajstić information content (AvgIpc) is 3.18. The van der Waals surface area contributed by atoms with Crippen molar-refractivity contribution in [1.82, 2.24) is 15.1 Å². The number of anilines is 1. The first kappa shape index (κ1) is 16.8. The van der Waals surface area contributed by atoms with Crippen molar-refractivity contribution in [2.45, 2.75) is 6.42 Å². The Morgan fingerprint density at radius 2 is 1.70 bits per heavy atom. The summed E-state index contributed by atoms with van der Waals surface area (Å²) >= 11 is 0. The van der Waals surface area contributed by atoms with E-state index in [2.05, 4.69) is 15.7 Å². The molecule has 1 heterocycles. The number of amides is 2. The van der Waals surface area contributed by atoms with Crippen LogP contribution in [-0.4, -0.2) is 22.4 Å². The van der Waals surface area contributed by atoms with Crippen LogP contribution in [-0.2, 0) is 6.42 Å². The molecular weight excluding hydrogens is 336 g/mol. The summed E-state index contributed by atoms with van der Waals surface area (Å²) in [7, 11) is 0. The molecule has 0 bridgehead atoms. The van der Waals surface area contributed by atoms with Gasteiger partial charge in [0.1, 0.15) is 0 Å². The lowest BCUT2D eigenvalue weighted by Crippen LogP contribution is -2.30. The molecule has 0 aliphatic heterocycles. The standard InChI is InChI=1S/C22H20N4O/c27-22(25-21-12-6-8-18-7-4-5-11-20(18)21)23-14-13-17-15-24-26(16-17)19-9-2-1-3-10-19/h1-12,15-16H,13-14H2,(H2,23,25,27). The zero-order chi connectivity index (χ0) is 18.5. The smallest absolute Gasteiger partial charge is 0.319 e. The first-order valence-corrected chi connectivity index (χ1v) is 8.91. The topological polar surface area (TPSA) is 59.0 Å². The molecule has 0 unspecified atom stereocenters. The molecule has 0 radical (unpaired) electrons. The van der Waals surface area contributed by atoms with Gasteiger partial charge in [0.25, 0.3) is 0 Å². The van der Waals surface area contributed by atoms with E-state index in [1.165, 1.54) is 0 Å². The first-order chi connectivity index (χ1) is 13.3. The highest BCUT2D eigenvalue weighted by atomic mass is 16.2. The summed E-state index contributed by atoms with van der Waals surface area (Å²) in [6, 6.07) is 23.6. The van der Waals surface area contributed by atoms with E-state index in [0.717, 1.165) is 34.1 Å². The van der Waals surface area contributed by atoms with Crippen molar-refractivity contribution in [3.8, 4) is 5.69 Å². The monoisotopic (exact) mass is 356 g/mol. The first-order valence-electron chi connectivity index (χ1n) is 8.91. The molecule has 3 aromatic carbocycles. The van der Waals surface area contributed by atoms with E-state index in [9.17, 15) is 4.79 Å². The van der Waals surface area contributed by atoms with Crippen LogP contribution in [0.1, 0.15) is 5.56 Å². The summed E-state index contributed by atoms with van der Waals surface area (Å²) in [6.07, 6.45) is 4.53. The molecule has 27 heavy (non-hydrogen) atoms. The maximum atomic E-state index is 12.2. The van der Waals surface area contributed by atoms with Gasteiger partial charge in [-0.05, 0) is 35.6 Å². The maximum Gasteiger partial charge on any atom is 0.319 e. The fourth-order valence-corrected chi connectivity index (χ4v) is 3.03. The lowest BCUT2D eigenvalue weighted by atomic mass is 10.1. The van der Waals surface area contributed by atoms with Gasteiger partial charge in [0, 0.05) is 18.1 Å². The van der Waals surface area contributed by atoms with E-state index < -0.39 is 0 Å². The van der Waals surface area contributed by atoms with Crippen molar-refractivity contribution >= 4 is 22.5 Å². The zero-order valence-electron chi connectivity index (χ0n) is 14.8. The number of benzene rings is 3. The fourth-order valence-electron chi connectivity index (χ4n) is 3.03. The third-order valence-corrected chi connectivity index (χ3v) is 4.39. The minimum atomic E-state index is -0.207. The third-order valence-electron chi connectivity index (χ3n) is 4.39. The number of carbonyl (C=O) groups is 1. The molecule has 0 aliphatic rings. The predicted molar refractivity (Wildman–Crippen MR) is 108 cm³/mol. The van der Waals surface area contributed by atoms with E-state index in [-0.39, 0.29) is 6.03 Å². The highest BCUT2D eigenvalue weighted by Crippen LogP contribution is 2.22. The lowest BCUT2D eigenvalue weighted by molar-refractivity contribution is 0.252. The Balaban J connectivity index is 1.33. The normalized spacial score (nSPS) is 10.7. The zero-order valence-corrected chi connectivity index (χ0v) is 14.8. The predicted octanol–water partition coefficient (Wildman–Crippen LogP) is 4.39. The molecule has 5 nitrogen and oxygen atoms in total. The van der Waals surface area contributed by atoms with E-state index in [0.29, 0.717) is 6.54 Å². The number of hydrogen-bond donors (Lipinski definition) is 2. The Hall–Kier alpha value is -3.60. The molecule has 4 aromatic rings. The second kappa shape index (κ2) is 7.74. The largest absolute Gasteiger partial charge is 0.338 e. The number of fused-ring (bicyclic) bond motifs is 1. The van der Waals surface area contributed by atoms with E-state index >= 15 is 0 Å². The summed E-state index contributed by atoms with van der Waals surface area (Å²) in [5.41, 5.74) is 2.90. The van der Waals surface area contributed by atoms with Gasteiger partial charge in [-0.1, -0.05) is 54.6 Å². The number of para-hydroxylation sites is 1. The summed E-state index contributed by atoms with van der Waals surface area (Å²) in [5, 5.41) is 12.3. The van der Waals surface area contributed by atoms with Crippen LogP contribution in [0.3, 0.4) is 0 Å². The molecule has 2 N–H and O–H groups in total. The second-order valence-electron chi connectivity index (χ2n) is 6.29. The number of rotatable bonds is 5. The second-order valence-corrected chi connectivity index (χ2v) is 6.29. The Morgan fingerprint density at radius 3 is 2.59 bits per heavy atom. The van der Waals surface area contributed by atoms with Crippen LogP contribution < -0.4 is 10.6 Å². The van der Waals surface area contributed by atoms with Gasteiger partial charge in [0.2, 0.25) is 0 Å².